The average molecular weight is 275 g/mol. The average Bonchev–Trinajstić information content (AvgIpc) is 2.47. The van der Waals surface area contributed by atoms with E-state index < -0.39 is 0 Å². The minimum Gasteiger partial charge on any atom is -0.504 e. The Labute approximate surface area is 118 Å². The fraction of sp³-hybridized carbons (Fsp3) is 0.250. The van der Waals surface area contributed by atoms with E-state index in [4.69, 9.17) is 4.74 Å². The van der Waals surface area contributed by atoms with Crippen LogP contribution in [0.15, 0.2) is 42.5 Å². The lowest BCUT2D eigenvalue weighted by atomic mass is 10.1. The monoisotopic (exact) mass is 275 g/mol. The fourth-order valence-corrected chi connectivity index (χ4v) is 2.02. The molecule has 0 aromatic heterocycles. The predicted octanol–water partition coefficient (Wildman–Crippen LogP) is 2.87. The van der Waals surface area contributed by atoms with E-state index in [0.717, 1.165) is 5.56 Å². The molecule has 106 valence electrons. The topological polar surface area (TPSA) is 41.5 Å². The van der Waals surface area contributed by atoms with Crippen LogP contribution in [0.4, 0.5) is 4.39 Å². The number of ether oxygens (including phenoxy) is 1. The molecule has 0 saturated carbocycles. The molecule has 0 unspecified atom stereocenters. The zero-order valence-electron chi connectivity index (χ0n) is 11.4. The second kappa shape index (κ2) is 6.91. The highest BCUT2D eigenvalue weighted by Gasteiger charge is 2.06. The number of hydrogen-bond donors (Lipinski definition) is 2. The first-order chi connectivity index (χ1) is 9.72. The Morgan fingerprint density at radius 1 is 1.10 bits per heavy atom. The van der Waals surface area contributed by atoms with E-state index in [1.165, 1.54) is 13.2 Å². The van der Waals surface area contributed by atoms with Crippen molar-refractivity contribution in [1.82, 2.24) is 5.32 Å². The second-order valence-corrected chi connectivity index (χ2v) is 4.49. The molecule has 2 rings (SSSR count). The molecule has 0 bridgehead atoms. The van der Waals surface area contributed by atoms with Crippen molar-refractivity contribution in [3.63, 3.8) is 0 Å². The van der Waals surface area contributed by atoms with E-state index in [2.05, 4.69) is 5.32 Å². The zero-order valence-corrected chi connectivity index (χ0v) is 11.4. The highest BCUT2D eigenvalue weighted by molar-refractivity contribution is 5.45. The Balaban J connectivity index is 1.86. The molecule has 0 fully saturated rings. The summed E-state index contributed by atoms with van der Waals surface area (Å²) in [5.74, 6) is 0.422. The van der Waals surface area contributed by atoms with E-state index in [-0.39, 0.29) is 11.6 Å². The van der Waals surface area contributed by atoms with Gasteiger partial charge in [0.2, 0.25) is 0 Å². The number of rotatable bonds is 6. The first kappa shape index (κ1) is 14.3. The van der Waals surface area contributed by atoms with Crippen molar-refractivity contribution in [2.24, 2.45) is 0 Å². The number of benzene rings is 2. The normalized spacial score (nSPS) is 10.5. The molecule has 0 aliphatic rings. The van der Waals surface area contributed by atoms with Crippen molar-refractivity contribution in [1.29, 1.82) is 0 Å². The molecule has 0 aliphatic carbocycles. The molecular formula is C16H18FNO2. The van der Waals surface area contributed by atoms with Crippen LogP contribution in [0.3, 0.4) is 0 Å². The van der Waals surface area contributed by atoms with Crippen LogP contribution in [0, 0.1) is 5.82 Å². The van der Waals surface area contributed by atoms with Gasteiger partial charge in [-0.2, -0.15) is 0 Å². The van der Waals surface area contributed by atoms with Crippen LogP contribution >= 0.6 is 0 Å². The Kier molecular flexibility index (Phi) is 4.96. The highest BCUT2D eigenvalue weighted by Crippen LogP contribution is 2.29. The first-order valence-corrected chi connectivity index (χ1v) is 6.51. The van der Waals surface area contributed by atoms with Crippen molar-refractivity contribution in [3.05, 3.63) is 59.4 Å². The molecule has 2 aromatic rings. The maximum atomic E-state index is 13.4. The molecule has 0 heterocycles. The number of hydrogen-bond acceptors (Lipinski definition) is 3. The predicted molar refractivity (Wildman–Crippen MR) is 76.5 cm³/mol. The summed E-state index contributed by atoms with van der Waals surface area (Å²) < 4.78 is 18.5. The van der Waals surface area contributed by atoms with Crippen LogP contribution in [0.2, 0.25) is 0 Å². The van der Waals surface area contributed by atoms with Gasteiger partial charge in [0.05, 0.1) is 7.11 Å². The first-order valence-electron chi connectivity index (χ1n) is 6.51. The third-order valence-corrected chi connectivity index (χ3v) is 3.15. The lowest BCUT2D eigenvalue weighted by molar-refractivity contribution is 0.369. The van der Waals surface area contributed by atoms with Gasteiger partial charge >= 0.3 is 0 Å². The summed E-state index contributed by atoms with van der Waals surface area (Å²) in [6.45, 7) is 1.15. The molecular weight excluding hydrogens is 257 g/mol. The number of methoxy groups -OCH3 is 1. The van der Waals surface area contributed by atoms with Crippen molar-refractivity contribution in [2.45, 2.75) is 13.0 Å². The zero-order chi connectivity index (χ0) is 14.4. The molecule has 2 aromatic carbocycles. The SMILES string of the molecule is COc1cccc(CNCCc2ccccc2F)c1O. The molecule has 0 aliphatic heterocycles. The van der Waals surface area contributed by atoms with Crippen molar-refractivity contribution < 1.29 is 14.2 Å². The summed E-state index contributed by atoms with van der Waals surface area (Å²) in [4.78, 5) is 0. The molecule has 2 N–H and O–H groups in total. The van der Waals surface area contributed by atoms with Gasteiger partial charge in [0, 0.05) is 12.1 Å². The van der Waals surface area contributed by atoms with E-state index in [1.54, 1.807) is 18.2 Å². The highest BCUT2D eigenvalue weighted by atomic mass is 19.1. The number of nitrogens with one attached hydrogen (secondary N) is 1. The summed E-state index contributed by atoms with van der Waals surface area (Å²) in [7, 11) is 1.52. The van der Waals surface area contributed by atoms with Gasteiger partial charge in [0.15, 0.2) is 11.5 Å². The molecule has 0 saturated heterocycles. The molecule has 4 heteroatoms. The summed E-state index contributed by atoms with van der Waals surface area (Å²) in [5, 5.41) is 13.1. The minimum absolute atomic E-state index is 0.147. The van der Waals surface area contributed by atoms with Gasteiger partial charge in [-0.25, -0.2) is 4.39 Å². The van der Waals surface area contributed by atoms with Crippen LogP contribution in [-0.2, 0) is 13.0 Å². The molecule has 0 spiro atoms. The standard InChI is InChI=1S/C16H18FNO2/c1-20-15-8-4-6-13(16(15)19)11-18-10-9-12-5-2-3-7-14(12)17/h2-8,18-19H,9-11H2,1H3. The summed E-state index contributed by atoms with van der Waals surface area (Å²) in [5.41, 5.74) is 1.45. The number of phenolic OH excluding ortho intramolecular Hbond substituents is 1. The van der Waals surface area contributed by atoms with Crippen LogP contribution < -0.4 is 10.1 Å². The molecule has 20 heavy (non-hydrogen) atoms. The Morgan fingerprint density at radius 2 is 1.85 bits per heavy atom. The van der Waals surface area contributed by atoms with Crippen LogP contribution in [0.1, 0.15) is 11.1 Å². The van der Waals surface area contributed by atoms with E-state index in [0.29, 0.717) is 30.8 Å². The van der Waals surface area contributed by atoms with Crippen molar-refractivity contribution in [2.75, 3.05) is 13.7 Å². The van der Waals surface area contributed by atoms with Gasteiger partial charge in [-0.1, -0.05) is 30.3 Å². The van der Waals surface area contributed by atoms with E-state index in [1.807, 2.05) is 18.2 Å². The van der Waals surface area contributed by atoms with Crippen LogP contribution in [-0.4, -0.2) is 18.8 Å². The number of phenols is 1. The smallest absolute Gasteiger partial charge is 0.162 e. The third kappa shape index (κ3) is 3.48. The van der Waals surface area contributed by atoms with Gasteiger partial charge in [0.1, 0.15) is 5.82 Å². The lowest BCUT2D eigenvalue weighted by Crippen LogP contribution is -2.17. The summed E-state index contributed by atoms with van der Waals surface area (Å²) >= 11 is 0. The Bertz CT molecular complexity index is 572. The Morgan fingerprint density at radius 3 is 2.60 bits per heavy atom. The number of para-hydroxylation sites is 1. The number of halogens is 1. The third-order valence-electron chi connectivity index (χ3n) is 3.15. The van der Waals surface area contributed by atoms with Gasteiger partial charge in [-0.15, -0.1) is 0 Å². The maximum Gasteiger partial charge on any atom is 0.162 e. The Hall–Kier alpha value is -2.07. The van der Waals surface area contributed by atoms with Gasteiger partial charge in [0.25, 0.3) is 0 Å². The quantitative estimate of drug-likeness (QED) is 0.797. The van der Waals surface area contributed by atoms with Crippen molar-refractivity contribution in [3.8, 4) is 11.5 Å². The lowest BCUT2D eigenvalue weighted by Gasteiger charge is -2.10. The second-order valence-electron chi connectivity index (χ2n) is 4.49. The van der Waals surface area contributed by atoms with Crippen LogP contribution in [0.25, 0.3) is 0 Å². The molecule has 0 amide bonds. The molecule has 0 atom stereocenters. The molecule has 0 radical (unpaired) electrons. The number of aromatic hydroxyl groups is 1. The summed E-state index contributed by atoms with van der Waals surface area (Å²) in [6, 6.07) is 12.1. The maximum absolute atomic E-state index is 13.4. The van der Waals surface area contributed by atoms with E-state index >= 15 is 0 Å². The van der Waals surface area contributed by atoms with Crippen LogP contribution in [0.5, 0.6) is 11.5 Å². The van der Waals surface area contributed by atoms with E-state index in [9.17, 15) is 9.50 Å². The fourth-order valence-electron chi connectivity index (χ4n) is 2.02. The summed E-state index contributed by atoms with van der Waals surface area (Å²) in [6.07, 6.45) is 0.609. The van der Waals surface area contributed by atoms with Gasteiger partial charge in [-0.3, -0.25) is 0 Å². The minimum atomic E-state index is -0.182. The van der Waals surface area contributed by atoms with Gasteiger partial charge < -0.3 is 15.2 Å². The van der Waals surface area contributed by atoms with Crippen molar-refractivity contribution >= 4 is 0 Å². The molecule has 3 nitrogen and oxygen atoms in total. The largest absolute Gasteiger partial charge is 0.504 e. The van der Waals surface area contributed by atoms with Gasteiger partial charge in [-0.05, 0) is 30.7 Å².